The molecule has 0 aliphatic heterocycles. The summed E-state index contributed by atoms with van der Waals surface area (Å²) in [5.74, 6) is -0.376. The summed E-state index contributed by atoms with van der Waals surface area (Å²) < 4.78 is 0. The monoisotopic (exact) mass is 501 g/mol. The van der Waals surface area contributed by atoms with Crippen LogP contribution in [0.3, 0.4) is 0 Å². The lowest BCUT2D eigenvalue weighted by Gasteiger charge is -2.26. The number of carbonyl (C=O) groups is 2. The van der Waals surface area contributed by atoms with Gasteiger partial charge in [0, 0.05) is 6.42 Å². The van der Waals surface area contributed by atoms with Gasteiger partial charge in [-0.15, -0.1) is 0 Å². The van der Waals surface area contributed by atoms with Gasteiger partial charge >= 0.3 is 0 Å². The summed E-state index contributed by atoms with van der Waals surface area (Å²) in [5, 5.41) is 40.1. The van der Waals surface area contributed by atoms with Crippen molar-refractivity contribution in [3.63, 3.8) is 0 Å². The van der Waals surface area contributed by atoms with Crippen LogP contribution >= 0.6 is 0 Å². The first-order valence-corrected chi connectivity index (χ1v) is 14.4. The first kappa shape index (κ1) is 34.0. The van der Waals surface area contributed by atoms with E-state index in [1.807, 2.05) is 0 Å². The number of unbranched alkanes of at least 4 members (excludes halogenated alkanes) is 18. The Morgan fingerprint density at radius 2 is 1.03 bits per heavy atom. The van der Waals surface area contributed by atoms with Gasteiger partial charge in [-0.2, -0.15) is 0 Å². The van der Waals surface area contributed by atoms with Crippen LogP contribution in [0.5, 0.6) is 0 Å². The van der Waals surface area contributed by atoms with E-state index in [1.165, 1.54) is 103 Å². The van der Waals surface area contributed by atoms with Gasteiger partial charge in [-0.25, -0.2) is 0 Å². The molecule has 7 nitrogen and oxygen atoms in total. The Balaban J connectivity index is 3.50. The zero-order valence-electron chi connectivity index (χ0n) is 22.3. The Morgan fingerprint density at radius 1 is 0.657 bits per heavy atom. The molecule has 7 heteroatoms. The van der Waals surface area contributed by atoms with Crippen LogP contribution in [0.1, 0.15) is 135 Å². The van der Waals surface area contributed by atoms with Gasteiger partial charge in [-0.1, -0.05) is 122 Å². The fraction of sp³-hybridized carbons (Fsp3) is 0.929. The largest absolute Gasteiger partial charge is 0.394 e. The van der Waals surface area contributed by atoms with Crippen molar-refractivity contribution in [2.75, 3.05) is 6.61 Å². The van der Waals surface area contributed by atoms with Crippen LogP contribution in [0.25, 0.3) is 0 Å². The SMILES string of the molecule is CCCCCCCCCCCCCCCCCCCCCC(=O)N[C@@H](C=O)[C@@H](O)[C@H](O)[C@H](O)CO. The topological polar surface area (TPSA) is 127 Å². The van der Waals surface area contributed by atoms with Gasteiger partial charge in [-0.05, 0) is 6.42 Å². The predicted molar refractivity (Wildman–Crippen MR) is 141 cm³/mol. The van der Waals surface area contributed by atoms with Crippen molar-refractivity contribution >= 4 is 12.2 Å². The fourth-order valence-corrected chi connectivity index (χ4v) is 4.37. The van der Waals surface area contributed by atoms with Gasteiger partial charge < -0.3 is 30.5 Å². The molecule has 0 unspecified atom stereocenters. The zero-order chi connectivity index (χ0) is 26.2. The Hall–Kier alpha value is -1.02. The van der Waals surface area contributed by atoms with Crippen molar-refractivity contribution < 1.29 is 30.0 Å². The number of rotatable bonds is 26. The summed E-state index contributed by atoms with van der Waals surface area (Å²) >= 11 is 0. The average molecular weight is 502 g/mol. The molecule has 0 aromatic carbocycles. The van der Waals surface area contributed by atoms with Gasteiger partial charge in [-0.3, -0.25) is 4.79 Å². The molecule has 0 aliphatic rings. The lowest BCUT2D eigenvalue weighted by atomic mass is 10.0. The fourth-order valence-electron chi connectivity index (χ4n) is 4.37. The second-order valence-electron chi connectivity index (χ2n) is 10.1. The number of hydrogen-bond donors (Lipinski definition) is 5. The smallest absolute Gasteiger partial charge is 0.220 e. The molecule has 4 atom stereocenters. The molecule has 0 heterocycles. The number of amides is 1. The molecule has 35 heavy (non-hydrogen) atoms. The maximum Gasteiger partial charge on any atom is 0.220 e. The quantitative estimate of drug-likeness (QED) is 0.0873. The standard InChI is InChI=1S/C28H55NO6/c1-2-3-4-5-6-7-8-9-10-11-12-13-14-15-16-17-18-19-20-21-26(33)29-24(22-30)27(34)28(35)25(32)23-31/h22,24-25,27-28,31-32,34-35H,2-21,23H2,1H3,(H,29,33)/t24-,25+,27+,28+/m0/s1. The van der Waals surface area contributed by atoms with Crippen molar-refractivity contribution in [1.29, 1.82) is 0 Å². The second-order valence-corrected chi connectivity index (χ2v) is 10.1. The van der Waals surface area contributed by atoms with Gasteiger partial charge in [0.2, 0.25) is 5.91 Å². The van der Waals surface area contributed by atoms with E-state index in [-0.39, 0.29) is 12.3 Å². The minimum Gasteiger partial charge on any atom is -0.394 e. The van der Waals surface area contributed by atoms with Crippen molar-refractivity contribution in [2.24, 2.45) is 0 Å². The van der Waals surface area contributed by atoms with Gasteiger partial charge in [0.25, 0.3) is 0 Å². The Labute approximate surface area is 214 Å². The summed E-state index contributed by atoms with van der Waals surface area (Å²) in [7, 11) is 0. The highest BCUT2D eigenvalue weighted by Crippen LogP contribution is 2.15. The number of aldehydes is 1. The highest BCUT2D eigenvalue weighted by atomic mass is 16.4. The molecule has 0 rings (SSSR count). The molecule has 0 radical (unpaired) electrons. The third-order valence-electron chi connectivity index (χ3n) is 6.78. The van der Waals surface area contributed by atoms with Crippen LogP contribution in [0.2, 0.25) is 0 Å². The van der Waals surface area contributed by atoms with E-state index in [1.54, 1.807) is 0 Å². The van der Waals surface area contributed by atoms with Gasteiger partial charge in [0.1, 0.15) is 30.6 Å². The minimum atomic E-state index is -1.72. The molecule has 0 spiro atoms. The third-order valence-corrected chi connectivity index (χ3v) is 6.78. The third kappa shape index (κ3) is 19.8. The molecular weight excluding hydrogens is 446 g/mol. The number of hydrogen-bond acceptors (Lipinski definition) is 6. The highest BCUT2D eigenvalue weighted by molar-refractivity contribution is 5.79. The van der Waals surface area contributed by atoms with Crippen molar-refractivity contribution in [1.82, 2.24) is 5.32 Å². The molecule has 0 fully saturated rings. The molecule has 0 bridgehead atoms. The zero-order valence-corrected chi connectivity index (χ0v) is 22.3. The summed E-state index contributed by atoms with van der Waals surface area (Å²) in [5.41, 5.74) is 0. The molecule has 1 amide bonds. The van der Waals surface area contributed by atoms with Crippen LogP contribution in [0.4, 0.5) is 0 Å². The van der Waals surface area contributed by atoms with Crippen LogP contribution in [0.15, 0.2) is 0 Å². The summed E-state index contributed by atoms with van der Waals surface area (Å²) in [6.07, 6.45) is 19.9. The van der Waals surface area contributed by atoms with E-state index in [0.29, 0.717) is 12.7 Å². The normalized spacial score (nSPS) is 14.9. The highest BCUT2D eigenvalue weighted by Gasteiger charge is 2.31. The van der Waals surface area contributed by atoms with Crippen LogP contribution in [0, 0.1) is 0 Å². The van der Waals surface area contributed by atoms with E-state index in [2.05, 4.69) is 12.2 Å². The van der Waals surface area contributed by atoms with Crippen molar-refractivity contribution in [2.45, 2.75) is 160 Å². The average Bonchev–Trinajstić information content (AvgIpc) is 2.87. The lowest BCUT2D eigenvalue weighted by molar-refractivity contribution is -0.131. The molecule has 0 saturated carbocycles. The lowest BCUT2D eigenvalue weighted by Crippen LogP contribution is -2.53. The maximum absolute atomic E-state index is 12.0. The molecule has 0 aliphatic carbocycles. The Kier molecular flexibility index (Phi) is 23.9. The van der Waals surface area contributed by atoms with Crippen LogP contribution in [-0.2, 0) is 9.59 Å². The van der Waals surface area contributed by atoms with Gasteiger partial charge in [0.15, 0.2) is 0 Å². The Morgan fingerprint density at radius 3 is 1.37 bits per heavy atom. The Bertz CT molecular complexity index is 490. The van der Waals surface area contributed by atoms with Crippen LogP contribution < -0.4 is 5.32 Å². The summed E-state index contributed by atoms with van der Waals surface area (Å²) in [6, 6.07) is -1.32. The van der Waals surface area contributed by atoms with Crippen molar-refractivity contribution in [3.8, 4) is 0 Å². The predicted octanol–water partition coefficient (Wildman–Crippen LogP) is 4.57. The summed E-state index contributed by atoms with van der Waals surface area (Å²) in [4.78, 5) is 23.1. The summed E-state index contributed by atoms with van der Waals surface area (Å²) in [6.45, 7) is 1.51. The van der Waals surface area contributed by atoms with Gasteiger partial charge in [0.05, 0.1) is 6.61 Å². The molecule has 0 saturated heterocycles. The molecule has 208 valence electrons. The second kappa shape index (κ2) is 24.7. The molecular formula is C28H55NO6. The molecule has 0 aromatic rings. The number of carbonyl (C=O) groups excluding carboxylic acids is 2. The van der Waals surface area contributed by atoms with E-state index in [0.717, 1.165) is 12.8 Å². The number of aliphatic hydroxyl groups excluding tert-OH is 4. The number of nitrogens with one attached hydrogen (secondary N) is 1. The minimum absolute atomic E-state index is 0.245. The first-order valence-electron chi connectivity index (χ1n) is 14.4. The molecule has 0 aromatic heterocycles. The first-order chi connectivity index (χ1) is 17.0. The van der Waals surface area contributed by atoms with E-state index in [4.69, 9.17) is 5.11 Å². The van der Waals surface area contributed by atoms with E-state index in [9.17, 15) is 24.9 Å². The van der Waals surface area contributed by atoms with Crippen LogP contribution in [-0.4, -0.2) is 63.6 Å². The number of aliphatic hydroxyl groups is 4. The van der Waals surface area contributed by atoms with E-state index >= 15 is 0 Å². The maximum atomic E-state index is 12.0. The molecule has 5 N–H and O–H groups in total. The van der Waals surface area contributed by atoms with E-state index < -0.39 is 31.0 Å². The van der Waals surface area contributed by atoms with Crippen molar-refractivity contribution in [3.05, 3.63) is 0 Å².